The first-order valence-corrected chi connectivity index (χ1v) is 4.70. The van der Waals surface area contributed by atoms with Gasteiger partial charge in [0.25, 0.3) is 0 Å². The van der Waals surface area contributed by atoms with Crippen LogP contribution in [-0.2, 0) is 16.6 Å². The molecule has 1 saturated heterocycles. The molecule has 2 atom stereocenters. The van der Waals surface area contributed by atoms with Crippen molar-refractivity contribution < 1.29 is 19.1 Å². The summed E-state index contributed by atoms with van der Waals surface area (Å²) < 4.78 is 14.6. The first-order valence-electron chi connectivity index (χ1n) is 4.70. The lowest BCUT2D eigenvalue weighted by Crippen LogP contribution is -2.26. The minimum atomic E-state index is -1.25. The van der Waals surface area contributed by atoms with E-state index < -0.39 is 29.7 Å². The van der Waals surface area contributed by atoms with Gasteiger partial charge in [-0.05, 0) is 0 Å². The average Bonchev–Trinajstić information content (AvgIpc) is 2.72. The van der Waals surface area contributed by atoms with Gasteiger partial charge in [-0.3, -0.25) is 9.59 Å². The number of aryl methyl sites for hydroxylation is 1. The Morgan fingerprint density at radius 1 is 1.75 bits per heavy atom. The van der Waals surface area contributed by atoms with E-state index in [1.54, 1.807) is 0 Å². The molecular formula is C9H10FN3O3. The molecule has 0 bridgehead atoms. The van der Waals surface area contributed by atoms with E-state index >= 15 is 0 Å². The van der Waals surface area contributed by atoms with Crippen molar-refractivity contribution in [2.75, 3.05) is 6.54 Å². The molecule has 1 amide bonds. The van der Waals surface area contributed by atoms with Crippen LogP contribution in [0.5, 0.6) is 0 Å². The lowest BCUT2D eigenvalue weighted by atomic mass is 9.90. The fourth-order valence-corrected chi connectivity index (χ4v) is 1.88. The van der Waals surface area contributed by atoms with E-state index in [-0.39, 0.29) is 12.1 Å². The second-order valence-electron chi connectivity index (χ2n) is 3.68. The summed E-state index contributed by atoms with van der Waals surface area (Å²) in [6.07, 6.45) is 1.26. The molecule has 6 nitrogen and oxygen atoms in total. The SMILES string of the molecule is Cn1ncc(C2CNC(=O)[C@@H]2C(=O)O)c1F. The van der Waals surface area contributed by atoms with Crippen molar-refractivity contribution in [2.24, 2.45) is 13.0 Å². The molecule has 1 aliphatic rings. The van der Waals surface area contributed by atoms with E-state index in [1.807, 2.05) is 0 Å². The van der Waals surface area contributed by atoms with Gasteiger partial charge < -0.3 is 10.4 Å². The van der Waals surface area contributed by atoms with Gasteiger partial charge in [0.1, 0.15) is 5.92 Å². The number of carboxylic acids is 1. The smallest absolute Gasteiger partial charge is 0.316 e. The molecule has 2 rings (SSSR count). The number of halogens is 1. The van der Waals surface area contributed by atoms with E-state index in [0.29, 0.717) is 0 Å². The fourth-order valence-electron chi connectivity index (χ4n) is 1.88. The molecular weight excluding hydrogens is 217 g/mol. The van der Waals surface area contributed by atoms with Crippen molar-refractivity contribution in [3.8, 4) is 0 Å². The lowest BCUT2D eigenvalue weighted by molar-refractivity contribution is -0.145. The molecule has 7 heteroatoms. The minimum absolute atomic E-state index is 0.123. The zero-order valence-electron chi connectivity index (χ0n) is 8.48. The average molecular weight is 227 g/mol. The molecule has 1 fully saturated rings. The summed E-state index contributed by atoms with van der Waals surface area (Å²) in [7, 11) is 1.42. The zero-order chi connectivity index (χ0) is 11.9. The van der Waals surface area contributed by atoms with E-state index in [4.69, 9.17) is 5.11 Å². The number of amides is 1. The Labute approximate surface area is 90.1 Å². The van der Waals surface area contributed by atoms with Crippen molar-refractivity contribution in [2.45, 2.75) is 5.92 Å². The molecule has 16 heavy (non-hydrogen) atoms. The standard InChI is InChI=1S/C9H10FN3O3/c1-13-7(10)5(3-12-13)4-2-11-8(14)6(4)9(15)16/h3-4,6H,2H2,1H3,(H,11,14)(H,15,16)/t4?,6-/m1/s1. The maximum absolute atomic E-state index is 13.5. The molecule has 0 saturated carbocycles. The molecule has 2 N–H and O–H groups in total. The summed E-state index contributed by atoms with van der Waals surface area (Å²) in [5.74, 6) is -4.37. The molecule has 0 aliphatic carbocycles. The largest absolute Gasteiger partial charge is 0.481 e. The Hall–Kier alpha value is -1.92. The first-order chi connectivity index (χ1) is 7.52. The third kappa shape index (κ3) is 1.44. The molecule has 2 heterocycles. The molecule has 1 aromatic heterocycles. The van der Waals surface area contributed by atoms with E-state index in [2.05, 4.69) is 10.4 Å². The molecule has 0 aromatic carbocycles. The van der Waals surface area contributed by atoms with Gasteiger partial charge in [0, 0.05) is 25.1 Å². The Morgan fingerprint density at radius 3 is 2.94 bits per heavy atom. The van der Waals surface area contributed by atoms with Crippen LogP contribution in [0, 0.1) is 11.9 Å². The Morgan fingerprint density at radius 2 is 2.44 bits per heavy atom. The normalized spacial score (nSPS) is 24.5. The molecule has 1 aromatic rings. The van der Waals surface area contributed by atoms with Crippen LogP contribution in [0.3, 0.4) is 0 Å². The lowest BCUT2D eigenvalue weighted by Gasteiger charge is -2.10. The molecule has 0 spiro atoms. The zero-order valence-corrected chi connectivity index (χ0v) is 8.48. The quantitative estimate of drug-likeness (QED) is 0.665. The Bertz CT molecular complexity index is 457. The van der Waals surface area contributed by atoms with Crippen molar-refractivity contribution >= 4 is 11.9 Å². The number of nitrogens with one attached hydrogen (secondary N) is 1. The van der Waals surface area contributed by atoms with Gasteiger partial charge >= 0.3 is 5.97 Å². The minimum Gasteiger partial charge on any atom is -0.481 e. The van der Waals surface area contributed by atoms with E-state index in [1.165, 1.54) is 13.2 Å². The third-order valence-electron chi connectivity index (χ3n) is 2.74. The van der Waals surface area contributed by atoms with Crippen molar-refractivity contribution in [3.05, 3.63) is 17.7 Å². The van der Waals surface area contributed by atoms with E-state index in [0.717, 1.165) is 4.68 Å². The monoisotopic (exact) mass is 227 g/mol. The number of nitrogens with zero attached hydrogens (tertiary/aromatic N) is 2. The number of aliphatic carboxylic acids is 1. The summed E-state index contributed by atoms with van der Waals surface area (Å²) in [5.41, 5.74) is 0.160. The molecule has 0 radical (unpaired) electrons. The number of rotatable bonds is 2. The summed E-state index contributed by atoms with van der Waals surface area (Å²) in [6, 6.07) is 0. The molecule has 1 aliphatic heterocycles. The Balaban J connectivity index is 2.37. The van der Waals surface area contributed by atoms with Gasteiger partial charge in [0.15, 0.2) is 0 Å². The molecule has 86 valence electrons. The second-order valence-corrected chi connectivity index (χ2v) is 3.68. The van der Waals surface area contributed by atoms with Gasteiger partial charge in [-0.15, -0.1) is 0 Å². The fraction of sp³-hybridized carbons (Fsp3) is 0.444. The van der Waals surface area contributed by atoms with Crippen LogP contribution in [0.15, 0.2) is 6.20 Å². The van der Waals surface area contributed by atoms with Crippen molar-refractivity contribution in [3.63, 3.8) is 0 Å². The first kappa shape index (κ1) is 10.6. The number of carboxylic acid groups (broad SMARTS) is 1. The predicted molar refractivity (Wildman–Crippen MR) is 50.0 cm³/mol. The number of hydrogen-bond acceptors (Lipinski definition) is 3. The number of carbonyl (C=O) groups is 2. The van der Waals surface area contributed by atoms with Crippen LogP contribution in [0.2, 0.25) is 0 Å². The summed E-state index contributed by atoms with van der Waals surface area (Å²) in [4.78, 5) is 22.2. The number of carbonyl (C=O) groups excluding carboxylic acids is 1. The highest BCUT2D eigenvalue weighted by atomic mass is 19.1. The van der Waals surface area contributed by atoms with E-state index in [9.17, 15) is 14.0 Å². The third-order valence-corrected chi connectivity index (χ3v) is 2.74. The van der Waals surface area contributed by atoms with Crippen LogP contribution in [0.1, 0.15) is 11.5 Å². The second kappa shape index (κ2) is 3.58. The number of aromatic nitrogens is 2. The van der Waals surface area contributed by atoms with Gasteiger partial charge in [-0.2, -0.15) is 9.49 Å². The Kier molecular flexibility index (Phi) is 2.37. The van der Waals surface area contributed by atoms with Crippen LogP contribution in [0.4, 0.5) is 4.39 Å². The maximum atomic E-state index is 13.5. The summed E-state index contributed by atoms with van der Waals surface area (Å²) in [5, 5.41) is 15.0. The van der Waals surface area contributed by atoms with Crippen LogP contribution in [0.25, 0.3) is 0 Å². The highest BCUT2D eigenvalue weighted by Gasteiger charge is 2.43. The van der Waals surface area contributed by atoms with Crippen molar-refractivity contribution in [1.82, 2.24) is 15.1 Å². The molecule has 1 unspecified atom stereocenters. The van der Waals surface area contributed by atoms with Crippen molar-refractivity contribution in [1.29, 1.82) is 0 Å². The number of hydrogen-bond donors (Lipinski definition) is 2. The summed E-state index contributed by atoms with van der Waals surface area (Å²) in [6.45, 7) is 0.123. The highest BCUT2D eigenvalue weighted by Crippen LogP contribution is 2.30. The topological polar surface area (TPSA) is 84.2 Å². The van der Waals surface area contributed by atoms with Crippen LogP contribution < -0.4 is 5.32 Å². The van der Waals surface area contributed by atoms with Crippen LogP contribution >= 0.6 is 0 Å². The van der Waals surface area contributed by atoms with Gasteiger partial charge in [-0.25, -0.2) is 4.68 Å². The van der Waals surface area contributed by atoms with Gasteiger partial charge in [0.2, 0.25) is 11.9 Å². The van der Waals surface area contributed by atoms with Crippen LogP contribution in [-0.4, -0.2) is 33.3 Å². The van der Waals surface area contributed by atoms with Gasteiger partial charge in [0.05, 0.1) is 6.20 Å². The summed E-state index contributed by atoms with van der Waals surface area (Å²) >= 11 is 0. The maximum Gasteiger partial charge on any atom is 0.316 e. The highest BCUT2D eigenvalue weighted by molar-refractivity contribution is 5.99. The predicted octanol–water partition coefficient (Wildman–Crippen LogP) is -0.527. The van der Waals surface area contributed by atoms with Gasteiger partial charge in [-0.1, -0.05) is 0 Å².